The molecular formula is C15H21N3O. The Balaban J connectivity index is 1.68. The van der Waals surface area contributed by atoms with E-state index >= 15 is 0 Å². The summed E-state index contributed by atoms with van der Waals surface area (Å²) in [6, 6.07) is 4.62. The average Bonchev–Trinajstić information content (AvgIpc) is 2.82. The highest BCUT2D eigenvalue weighted by Crippen LogP contribution is 2.45. The van der Waals surface area contributed by atoms with Gasteiger partial charge >= 0.3 is 6.03 Å². The van der Waals surface area contributed by atoms with E-state index in [2.05, 4.69) is 30.2 Å². The third-order valence-corrected chi connectivity index (χ3v) is 4.39. The van der Waals surface area contributed by atoms with Gasteiger partial charge in [-0.2, -0.15) is 0 Å². The molecule has 1 saturated heterocycles. The third-order valence-electron chi connectivity index (χ3n) is 4.39. The van der Waals surface area contributed by atoms with Gasteiger partial charge in [-0.1, -0.05) is 19.9 Å². The molecule has 0 radical (unpaired) electrons. The van der Waals surface area contributed by atoms with Crippen LogP contribution < -0.4 is 5.32 Å². The molecule has 2 aliphatic rings. The Morgan fingerprint density at radius 1 is 1.53 bits per heavy atom. The van der Waals surface area contributed by atoms with Crippen LogP contribution in [-0.2, 0) is 0 Å². The van der Waals surface area contributed by atoms with E-state index in [1.165, 1.54) is 0 Å². The Morgan fingerprint density at radius 3 is 2.95 bits per heavy atom. The van der Waals surface area contributed by atoms with Crippen LogP contribution in [0.25, 0.3) is 0 Å². The van der Waals surface area contributed by atoms with Gasteiger partial charge in [0, 0.05) is 25.0 Å². The second-order valence-corrected chi connectivity index (χ2v) is 6.33. The molecule has 0 aromatic carbocycles. The molecule has 1 unspecified atom stereocenters. The Morgan fingerprint density at radius 2 is 2.32 bits per heavy atom. The van der Waals surface area contributed by atoms with E-state index in [0.29, 0.717) is 6.04 Å². The molecule has 2 atom stereocenters. The third kappa shape index (κ3) is 2.44. The molecule has 2 heterocycles. The number of urea groups is 1. The van der Waals surface area contributed by atoms with Crippen molar-refractivity contribution in [1.29, 1.82) is 0 Å². The first-order valence-electron chi connectivity index (χ1n) is 7.05. The fourth-order valence-electron chi connectivity index (χ4n) is 2.87. The lowest BCUT2D eigenvalue weighted by Crippen LogP contribution is -2.41. The minimum atomic E-state index is 0.0851. The second kappa shape index (κ2) is 4.51. The summed E-state index contributed by atoms with van der Waals surface area (Å²) in [4.78, 5) is 18.5. The van der Waals surface area contributed by atoms with Gasteiger partial charge in [0.15, 0.2) is 0 Å². The van der Waals surface area contributed by atoms with Crippen LogP contribution in [0, 0.1) is 5.41 Å². The van der Waals surface area contributed by atoms with Gasteiger partial charge in [-0.3, -0.25) is 4.98 Å². The molecule has 1 aliphatic heterocycles. The van der Waals surface area contributed by atoms with Crippen molar-refractivity contribution in [2.75, 3.05) is 6.54 Å². The first-order valence-corrected chi connectivity index (χ1v) is 7.05. The van der Waals surface area contributed by atoms with E-state index in [4.69, 9.17) is 0 Å². The van der Waals surface area contributed by atoms with Crippen LogP contribution in [0.4, 0.5) is 4.79 Å². The van der Waals surface area contributed by atoms with E-state index in [1.807, 2.05) is 17.2 Å². The molecule has 1 saturated carbocycles. The summed E-state index contributed by atoms with van der Waals surface area (Å²) >= 11 is 0. The Kier molecular flexibility index (Phi) is 2.96. The van der Waals surface area contributed by atoms with E-state index in [0.717, 1.165) is 31.4 Å². The highest BCUT2D eigenvalue weighted by atomic mass is 16.2. The maximum Gasteiger partial charge on any atom is 0.318 e. The molecule has 2 fully saturated rings. The number of likely N-dealkylation sites (tertiary alicyclic amines) is 1. The van der Waals surface area contributed by atoms with Crippen molar-refractivity contribution >= 4 is 6.03 Å². The fourth-order valence-corrected chi connectivity index (χ4v) is 2.87. The molecule has 0 spiro atoms. The molecule has 1 aromatic heterocycles. The van der Waals surface area contributed by atoms with Crippen molar-refractivity contribution in [2.45, 2.75) is 45.2 Å². The number of carbonyl (C=O) groups is 1. The lowest BCUT2D eigenvalue weighted by molar-refractivity contribution is 0.191. The number of hydrogen-bond acceptors (Lipinski definition) is 2. The van der Waals surface area contributed by atoms with E-state index in [9.17, 15) is 4.79 Å². The maximum atomic E-state index is 12.4. The molecule has 1 aliphatic carbocycles. The summed E-state index contributed by atoms with van der Waals surface area (Å²) in [5.74, 6) is 0. The van der Waals surface area contributed by atoms with Crippen molar-refractivity contribution in [3.63, 3.8) is 0 Å². The van der Waals surface area contributed by atoms with Crippen LogP contribution in [0.1, 0.15) is 44.7 Å². The summed E-state index contributed by atoms with van der Waals surface area (Å²) in [5, 5.41) is 3.15. The van der Waals surface area contributed by atoms with Crippen LogP contribution in [0.5, 0.6) is 0 Å². The number of amides is 2. The molecule has 4 heteroatoms. The SMILES string of the molecule is CC1(C)C[C@@H]1NC(=O)N1CCCC1c1cccnc1. The first-order chi connectivity index (χ1) is 9.08. The van der Waals surface area contributed by atoms with Crippen molar-refractivity contribution in [3.05, 3.63) is 30.1 Å². The minimum absolute atomic E-state index is 0.0851. The van der Waals surface area contributed by atoms with Crippen LogP contribution in [0.15, 0.2) is 24.5 Å². The normalized spacial score (nSPS) is 28.2. The number of rotatable bonds is 2. The van der Waals surface area contributed by atoms with Gasteiger partial charge in [0.25, 0.3) is 0 Å². The number of pyridine rings is 1. The van der Waals surface area contributed by atoms with Gasteiger partial charge in [-0.15, -0.1) is 0 Å². The van der Waals surface area contributed by atoms with Crippen molar-refractivity contribution in [2.24, 2.45) is 5.41 Å². The molecule has 0 bridgehead atoms. The lowest BCUT2D eigenvalue weighted by atomic mass is 10.1. The van der Waals surface area contributed by atoms with E-state index in [1.54, 1.807) is 6.20 Å². The Labute approximate surface area is 114 Å². The van der Waals surface area contributed by atoms with Gasteiger partial charge in [0.1, 0.15) is 0 Å². The second-order valence-electron chi connectivity index (χ2n) is 6.33. The number of nitrogens with zero attached hydrogens (tertiary/aromatic N) is 2. The number of carbonyl (C=O) groups excluding carboxylic acids is 1. The largest absolute Gasteiger partial charge is 0.335 e. The molecule has 1 aromatic rings. The maximum absolute atomic E-state index is 12.4. The zero-order valence-electron chi connectivity index (χ0n) is 11.6. The summed E-state index contributed by atoms with van der Waals surface area (Å²) in [6.45, 7) is 5.24. The van der Waals surface area contributed by atoms with Gasteiger partial charge in [-0.25, -0.2) is 4.79 Å². The highest BCUT2D eigenvalue weighted by molar-refractivity contribution is 5.76. The monoisotopic (exact) mass is 259 g/mol. The molecule has 19 heavy (non-hydrogen) atoms. The zero-order chi connectivity index (χ0) is 13.5. The first kappa shape index (κ1) is 12.5. The predicted octanol–water partition coefficient (Wildman–Crippen LogP) is 2.73. The van der Waals surface area contributed by atoms with Crippen molar-refractivity contribution in [1.82, 2.24) is 15.2 Å². The van der Waals surface area contributed by atoms with Gasteiger partial charge < -0.3 is 10.2 Å². The molecule has 4 nitrogen and oxygen atoms in total. The average molecular weight is 259 g/mol. The predicted molar refractivity (Wildman–Crippen MR) is 73.6 cm³/mol. The van der Waals surface area contributed by atoms with Crippen molar-refractivity contribution < 1.29 is 4.79 Å². The van der Waals surface area contributed by atoms with Gasteiger partial charge in [-0.05, 0) is 36.3 Å². The molecular weight excluding hydrogens is 238 g/mol. The van der Waals surface area contributed by atoms with Crippen LogP contribution >= 0.6 is 0 Å². The molecule has 1 N–H and O–H groups in total. The quantitative estimate of drug-likeness (QED) is 0.887. The Bertz CT molecular complexity index is 472. The number of aromatic nitrogens is 1. The molecule has 2 amide bonds. The van der Waals surface area contributed by atoms with Crippen LogP contribution in [0.2, 0.25) is 0 Å². The molecule has 102 valence electrons. The summed E-state index contributed by atoms with van der Waals surface area (Å²) < 4.78 is 0. The minimum Gasteiger partial charge on any atom is -0.335 e. The summed E-state index contributed by atoms with van der Waals surface area (Å²) in [6.07, 6.45) is 6.84. The van der Waals surface area contributed by atoms with Crippen LogP contribution in [0.3, 0.4) is 0 Å². The topological polar surface area (TPSA) is 45.2 Å². The van der Waals surface area contributed by atoms with Crippen LogP contribution in [-0.4, -0.2) is 28.5 Å². The van der Waals surface area contributed by atoms with Crippen molar-refractivity contribution in [3.8, 4) is 0 Å². The molecule has 3 rings (SSSR count). The van der Waals surface area contributed by atoms with Gasteiger partial charge in [0.2, 0.25) is 0 Å². The Hall–Kier alpha value is -1.58. The highest BCUT2D eigenvalue weighted by Gasteiger charge is 2.47. The standard InChI is InChI=1S/C15H21N3O/c1-15(2)9-13(15)17-14(19)18-8-4-6-12(18)11-5-3-7-16-10-11/h3,5,7,10,12-13H,4,6,8-9H2,1-2H3,(H,17,19)/t12?,13-/m0/s1. The van der Waals surface area contributed by atoms with Gasteiger partial charge in [0.05, 0.1) is 6.04 Å². The zero-order valence-corrected chi connectivity index (χ0v) is 11.6. The fraction of sp³-hybridized carbons (Fsp3) is 0.600. The lowest BCUT2D eigenvalue weighted by Gasteiger charge is -2.25. The summed E-state index contributed by atoms with van der Waals surface area (Å²) in [5.41, 5.74) is 1.42. The summed E-state index contributed by atoms with van der Waals surface area (Å²) in [7, 11) is 0. The number of hydrogen-bond donors (Lipinski definition) is 1. The van der Waals surface area contributed by atoms with E-state index < -0.39 is 0 Å². The van der Waals surface area contributed by atoms with E-state index in [-0.39, 0.29) is 17.5 Å². The smallest absolute Gasteiger partial charge is 0.318 e. The number of nitrogens with one attached hydrogen (secondary N) is 1.